The van der Waals surface area contributed by atoms with Gasteiger partial charge in [0.25, 0.3) is 5.91 Å². The van der Waals surface area contributed by atoms with Gasteiger partial charge in [-0.2, -0.15) is 0 Å². The summed E-state index contributed by atoms with van der Waals surface area (Å²) < 4.78 is 10.4. The predicted molar refractivity (Wildman–Crippen MR) is 114 cm³/mol. The monoisotopic (exact) mass is 403 g/mol. The fourth-order valence-corrected chi connectivity index (χ4v) is 4.16. The van der Waals surface area contributed by atoms with Crippen LogP contribution in [-0.2, 0) is 4.74 Å². The topological polar surface area (TPSA) is 64.6 Å². The summed E-state index contributed by atoms with van der Waals surface area (Å²) >= 11 is 1.43. The van der Waals surface area contributed by atoms with Gasteiger partial charge in [-0.15, -0.1) is 11.3 Å². The number of ether oxygens (including phenoxy) is 2. The summed E-state index contributed by atoms with van der Waals surface area (Å²) in [6.45, 7) is 10.8. The predicted octanol–water partition coefficient (Wildman–Crippen LogP) is 5.73. The fourth-order valence-electron chi connectivity index (χ4n) is 3.07. The Bertz CT molecular complexity index is 835. The molecule has 2 aromatic rings. The summed E-state index contributed by atoms with van der Waals surface area (Å²) in [6, 6.07) is 8.75. The molecule has 0 fully saturated rings. The Balaban J connectivity index is 2.32. The van der Waals surface area contributed by atoms with Crippen molar-refractivity contribution in [3.05, 3.63) is 46.3 Å². The maximum Gasteiger partial charge on any atom is 0.341 e. The molecule has 0 aliphatic carbocycles. The summed E-state index contributed by atoms with van der Waals surface area (Å²) in [5, 5.41) is 3.39. The van der Waals surface area contributed by atoms with E-state index in [1.807, 2.05) is 6.07 Å². The van der Waals surface area contributed by atoms with Gasteiger partial charge in [-0.25, -0.2) is 4.79 Å². The quantitative estimate of drug-likeness (QED) is 0.600. The number of rotatable bonds is 7. The molecule has 0 bridgehead atoms. The zero-order chi connectivity index (χ0) is 20.9. The van der Waals surface area contributed by atoms with Crippen LogP contribution in [0.15, 0.2) is 30.3 Å². The van der Waals surface area contributed by atoms with E-state index >= 15 is 0 Å². The Hall–Kier alpha value is -2.34. The number of hydrogen-bond acceptors (Lipinski definition) is 5. The van der Waals surface area contributed by atoms with Gasteiger partial charge in [0, 0.05) is 10.4 Å². The molecule has 0 aliphatic heterocycles. The maximum atomic E-state index is 12.7. The van der Waals surface area contributed by atoms with Gasteiger partial charge < -0.3 is 14.8 Å². The molecule has 0 spiro atoms. The van der Waals surface area contributed by atoms with Crippen LogP contribution in [0.4, 0.5) is 5.00 Å². The van der Waals surface area contributed by atoms with Crippen molar-refractivity contribution in [3.63, 3.8) is 0 Å². The molecule has 152 valence electrons. The normalized spacial score (nSPS) is 12.4. The molecular formula is C22H29NO4S. The standard InChI is InChI=1S/C22H29NO4S/c1-7-27-21(25)17-12-18(14(2)13-22(3,4)5)28-20(17)23-19(24)15-9-8-10-16(11-15)26-6/h8-12,14H,7,13H2,1-6H3,(H,23,24). The van der Waals surface area contributed by atoms with Gasteiger partial charge in [-0.05, 0) is 48.9 Å². The molecule has 1 aromatic carbocycles. The van der Waals surface area contributed by atoms with Crippen molar-refractivity contribution in [2.75, 3.05) is 19.0 Å². The van der Waals surface area contributed by atoms with E-state index in [0.717, 1.165) is 11.3 Å². The van der Waals surface area contributed by atoms with Gasteiger partial charge in [0.2, 0.25) is 0 Å². The average Bonchev–Trinajstić information content (AvgIpc) is 3.04. The van der Waals surface area contributed by atoms with Gasteiger partial charge in [-0.3, -0.25) is 4.79 Å². The summed E-state index contributed by atoms with van der Waals surface area (Å²) in [5.74, 6) is 0.153. The summed E-state index contributed by atoms with van der Waals surface area (Å²) in [7, 11) is 1.55. The van der Waals surface area contributed by atoms with E-state index in [9.17, 15) is 9.59 Å². The van der Waals surface area contributed by atoms with E-state index < -0.39 is 5.97 Å². The molecule has 2 rings (SSSR count). The number of amides is 1. The van der Waals surface area contributed by atoms with Crippen molar-refractivity contribution in [1.29, 1.82) is 0 Å². The van der Waals surface area contributed by atoms with Crippen molar-refractivity contribution in [2.24, 2.45) is 5.41 Å². The molecule has 1 N–H and O–H groups in total. The summed E-state index contributed by atoms with van der Waals surface area (Å²) in [5.41, 5.74) is 1.03. The molecule has 1 aromatic heterocycles. The van der Waals surface area contributed by atoms with Crippen LogP contribution in [0.1, 0.15) is 72.6 Å². The van der Waals surface area contributed by atoms with E-state index in [4.69, 9.17) is 9.47 Å². The van der Waals surface area contributed by atoms with Crippen LogP contribution >= 0.6 is 11.3 Å². The third-order valence-corrected chi connectivity index (χ3v) is 5.49. The number of hydrogen-bond donors (Lipinski definition) is 1. The van der Waals surface area contributed by atoms with Crippen molar-refractivity contribution in [1.82, 2.24) is 0 Å². The van der Waals surface area contributed by atoms with Crippen molar-refractivity contribution in [3.8, 4) is 5.75 Å². The van der Waals surface area contributed by atoms with Gasteiger partial charge >= 0.3 is 5.97 Å². The Labute approximate surface area is 171 Å². The minimum atomic E-state index is -0.422. The molecule has 0 saturated heterocycles. The van der Waals surface area contributed by atoms with E-state index in [-0.39, 0.29) is 23.8 Å². The number of methoxy groups -OCH3 is 1. The van der Waals surface area contributed by atoms with Crippen molar-refractivity contribution < 1.29 is 19.1 Å². The van der Waals surface area contributed by atoms with Crippen molar-refractivity contribution in [2.45, 2.75) is 47.0 Å². The molecule has 0 radical (unpaired) electrons. The second-order valence-electron chi connectivity index (χ2n) is 7.96. The van der Waals surface area contributed by atoms with Crippen LogP contribution in [0.5, 0.6) is 5.75 Å². The molecular weight excluding hydrogens is 374 g/mol. The molecule has 1 unspecified atom stereocenters. The second kappa shape index (κ2) is 9.24. The molecule has 1 atom stereocenters. The van der Waals surface area contributed by atoms with Gasteiger partial charge in [0.1, 0.15) is 10.8 Å². The first-order valence-corrected chi connectivity index (χ1v) is 10.2. The van der Waals surface area contributed by atoms with E-state index in [2.05, 4.69) is 33.0 Å². The molecule has 28 heavy (non-hydrogen) atoms. The van der Waals surface area contributed by atoms with Crippen LogP contribution in [0, 0.1) is 5.41 Å². The van der Waals surface area contributed by atoms with Crippen LogP contribution in [0.2, 0.25) is 0 Å². The number of benzene rings is 1. The Morgan fingerprint density at radius 1 is 1.21 bits per heavy atom. The number of nitrogens with one attached hydrogen (secondary N) is 1. The smallest absolute Gasteiger partial charge is 0.341 e. The Kier molecular flexibility index (Phi) is 7.24. The average molecular weight is 404 g/mol. The number of carbonyl (C=O) groups excluding carboxylic acids is 2. The molecule has 1 heterocycles. The van der Waals surface area contributed by atoms with E-state index in [1.165, 1.54) is 11.3 Å². The van der Waals surface area contributed by atoms with Gasteiger partial charge in [0.05, 0.1) is 19.3 Å². The van der Waals surface area contributed by atoms with Crippen LogP contribution in [0.3, 0.4) is 0 Å². The van der Waals surface area contributed by atoms with Crippen LogP contribution in [0.25, 0.3) is 0 Å². The van der Waals surface area contributed by atoms with Crippen molar-refractivity contribution >= 4 is 28.2 Å². The van der Waals surface area contributed by atoms with Gasteiger partial charge in [-0.1, -0.05) is 33.8 Å². The number of thiophene rings is 1. The van der Waals surface area contributed by atoms with Crippen LogP contribution in [-0.4, -0.2) is 25.6 Å². The highest BCUT2D eigenvalue weighted by Gasteiger charge is 2.24. The first-order chi connectivity index (χ1) is 13.1. The molecule has 0 aliphatic rings. The minimum Gasteiger partial charge on any atom is -0.497 e. The first-order valence-electron chi connectivity index (χ1n) is 9.41. The highest BCUT2D eigenvalue weighted by molar-refractivity contribution is 7.16. The lowest BCUT2D eigenvalue weighted by atomic mass is 9.85. The Morgan fingerprint density at radius 3 is 2.54 bits per heavy atom. The third-order valence-electron chi connectivity index (χ3n) is 4.21. The summed E-state index contributed by atoms with van der Waals surface area (Å²) in [6.07, 6.45) is 0.971. The van der Waals surface area contributed by atoms with Gasteiger partial charge in [0.15, 0.2) is 0 Å². The largest absolute Gasteiger partial charge is 0.497 e. The zero-order valence-corrected chi connectivity index (χ0v) is 18.2. The molecule has 0 saturated carbocycles. The third kappa shape index (κ3) is 5.83. The highest BCUT2D eigenvalue weighted by atomic mass is 32.1. The maximum absolute atomic E-state index is 12.7. The SMILES string of the molecule is CCOC(=O)c1cc(C(C)CC(C)(C)C)sc1NC(=O)c1cccc(OC)c1. The van der Waals surface area contributed by atoms with E-state index in [1.54, 1.807) is 38.3 Å². The lowest BCUT2D eigenvalue weighted by molar-refractivity contribution is 0.0528. The summed E-state index contributed by atoms with van der Waals surface area (Å²) in [4.78, 5) is 26.2. The zero-order valence-electron chi connectivity index (χ0n) is 17.4. The molecule has 1 amide bonds. The van der Waals surface area contributed by atoms with E-state index in [0.29, 0.717) is 21.9 Å². The molecule has 5 nitrogen and oxygen atoms in total. The second-order valence-corrected chi connectivity index (χ2v) is 9.05. The number of carbonyl (C=O) groups is 2. The highest BCUT2D eigenvalue weighted by Crippen LogP contribution is 2.38. The fraction of sp³-hybridized carbons (Fsp3) is 0.455. The first kappa shape index (κ1) is 22.0. The molecule has 6 heteroatoms. The number of anilines is 1. The van der Waals surface area contributed by atoms with Crippen LogP contribution < -0.4 is 10.1 Å². The lowest BCUT2D eigenvalue weighted by Crippen LogP contribution is -2.14. The lowest BCUT2D eigenvalue weighted by Gasteiger charge is -2.22. The minimum absolute atomic E-state index is 0.164. The number of esters is 1. The Morgan fingerprint density at radius 2 is 1.93 bits per heavy atom.